The van der Waals surface area contributed by atoms with E-state index in [1.807, 2.05) is 0 Å². The second-order valence-corrected chi connectivity index (χ2v) is 4.95. The summed E-state index contributed by atoms with van der Waals surface area (Å²) in [5.41, 5.74) is 6.75. The number of fused-ring (bicyclic) bond motifs is 1. The summed E-state index contributed by atoms with van der Waals surface area (Å²) in [6.45, 7) is 8.25. The normalized spacial score (nSPS) is 32.9. The van der Waals surface area contributed by atoms with Gasteiger partial charge in [-0.2, -0.15) is 0 Å². The first kappa shape index (κ1) is 10.2. The van der Waals surface area contributed by atoms with Gasteiger partial charge in [-0.1, -0.05) is 19.4 Å². The summed E-state index contributed by atoms with van der Waals surface area (Å²) in [5.74, 6) is 1.96. The van der Waals surface area contributed by atoms with E-state index in [2.05, 4.69) is 11.5 Å². The highest BCUT2D eigenvalue weighted by Gasteiger charge is 2.33. The van der Waals surface area contributed by atoms with Crippen LogP contribution in [-0.4, -0.2) is 31.1 Å². The Morgan fingerprint density at radius 3 is 2.29 bits per heavy atom. The first-order valence-corrected chi connectivity index (χ1v) is 5.88. The average Bonchev–Trinajstić information content (AvgIpc) is 2.59. The fraction of sp³-hybridized carbons (Fsp3) is 0.833. The highest BCUT2D eigenvalue weighted by atomic mass is 15.2. The fourth-order valence-corrected chi connectivity index (χ4v) is 3.01. The highest BCUT2D eigenvalue weighted by Crippen LogP contribution is 2.35. The number of likely N-dealkylation sites (tertiary alicyclic amines) is 1. The minimum atomic E-state index is 0.645. The van der Waals surface area contributed by atoms with E-state index in [1.165, 1.54) is 44.3 Å². The molecule has 2 heteroatoms. The van der Waals surface area contributed by atoms with Gasteiger partial charge in [-0.05, 0) is 30.3 Å². The number of nitrogens with zero attached hydrogens (tertiary/aromatic N) is 1. The topological polar surface area (TPSA) is 29.3 Å². The molecule has 1 saturated carbocycles. The molecule has 2 N–H and O–H groups in total. The molecule has 0 spiro atoms. The molecule has 2 nitrogen and oxygen atoms in total. The third-order valence-electron chi connectivity index (χ3n) is 3.79. The summed E-state index contributed by atoms with van der Waals surface area (Å²) in [6, 6.07) is 0. The number of hydrogen-bond donors (Lipinski definition) is 1. The van der Waals surface area contributed by atoms with E-state index in [0.29, 0.717) is 6.54 Å². The quantitative estimate of drug-likeness (QED) is 0.692. The monoisotopic (exact) mass is 194 g/mol. The number of nitrogens with two attached hydrogens (primary N) is 1. The second-order valence-electron chi connectivity index (χ2n) is 4.95. The lowest BCUT2D eigenvalue weighted by Crippen LogP contribution is -2.25. The largest absolute Gasteiger partial charge is 0.327 e. The zero-order valence-electron chi connectivity index (χ0n) is 9.04. The summed E-state index contributed by atoms with van der Waals surface area (Å²) in [7, 11) is 0. The van der Waals surface area contributed by atoms with Crippen LogP contribution in [0.3, 0.4) is 0 Å². The summed E-state index contributed by atoms with van der Waals surface area (Å²) in [6.07, 6.45) is 5.81. The lowest BCUT2D eigenvalue weighted by molar-refractivity contribution is 0.299. The first-order chi connectivity index (χ1) is 6.79. The predicted octanol–water partition coefficient (Wildman–Crippen LogP) is 1.62. The van der Waals surface area contributed by atoms with Gasteiger partial charge in [0.15, 0.2) is 0 Å². The van der Waals surface area contributed by atoms with Crippen LogP contribution in [0.4, 0.5) is 0 Å². The van der Waals surface area contributed by atoms with Crippen molar-refractivity contribution in [1.82, 2.24) is 4.90 Å². The molecule has 1 saturated heterocycles. The van der Waals surface area contributed by atoms with E-state index >= 15 is 0 Å². The molecule has 1 heterocycles. The fourth-order valence-electron chi connectivity index (χ4n) is 3.01. The molecule has 1 aliphatic carbocycles. The molecule has 2 unspecified atom stereocenters. The van der Waals surface area contributed by atoms with E-state index in [4.69, 9.17) is 5.73 Å². The van der Waals surface area contributed by atoms with Crippen molar-refractivity contribution in [2.24, 2.45) is 17.6 Å². The van der Waals surface area contributed by atoms with Crippen molar-refractivity contribution in [3.63, 3.8) is 0 Å². The third kappa shape index (κ3) is 2.18. The summed E-state index contributed by atoms with van der Waals surface area (Å²) < 4.78 is 0. The minimum absolute atomic E-state index is 0.645. The molecule has 0 amide bonds. The SMILES string of the molecule is C=C(CN)CN1CC2CCCCC2C1. The molecule has 2 fully saturated rings. The van der Waals surface area contributed by atoms with Crippen LogP contribution in [0.25, 0.3) is 0 Å². The van der Waals surface area contributed by atoms with Gasteiger partial charge in [-0.25, -0.2) is 0 Å². The zero-order chi connectivity index (χ0) is 9.97. The Hall–Kier alpha value is -0.340. The molecule has 0 aromatic rings. The lowest BCUT2D eigenvalue weighted by Gasteiger charge is -2.23. The zero-order valence-corrected chi connectivity index (χ0v) is 9.04. The van der Waals surface area contributed by atoms with Crippen LogP contribution in [0.2, 0.25) is 0 Å². The molecule has 2 rings (SSSR count). The Kier molecular flexibility index (Phi) is 3.24. The maximum Gasteiger partial charge on any atom is 0.0203 e. The molecule has 14 heavy (non-hydrogen) atoms. The molecular weight excluding hydrogens is 172 g/mol. The van der Waals surface area contributed by atoms with Gasteiger partial charge in [0.1, 0.15) is 0 Å². The molecule has 0 aromatic heterocycles. The van der Waals surface area contributed by atoms with E-state index in [-0.39, 0.29) is 0 Å². The Morgan fingerprint density at radius 1 is 1.21 bits per heavy atom. The third-order valence-corrected chi connectivity index (χ3v) is 3.79. The molecule has 0 radical (unpaired) electrons. The van der Waals surface area contributed by atoms with Gasteiger partial charge in [0.05, 0.1) is 0 Å². The van der Waals surface area contributed by atoms with E-state index in [9.17, 15) is 0 Å². The van der Waals surface area contributed by atoms with Crippen LogP contribution in [0, 0.1) is 11.8 Å². The van der Waals surface area contributed by atoms with Gasteiger partial charge in [-0.15, -0.1) is 0 Å². The molecule has 0 bridgehead atoms. The van der Waals surface area contributed by atoms with Crippen molar-refractivity contribution in [3.05, 3.63) is 12.2 Å². The Balaban J connectivity index is 1.83. The molecule has 2 atom stereocenters. The standard InChI is InChI=1S/C12H22N2/c1-10(6-13)7-14-8-11-4-2-3-5-12(11)9-14/h11-12H,1-9,13H2. The van der Waals surface area contributed by atoms with Gasteiger partial charge < -0.3 is 5.73 Å². The van der Waals surface area contributed by atoms with Crippen LogP contribution in [-0.2, 0) is 0 Å². The summed E-state index contributed by atoms with van der Waals surface area (Å²) in [4.78, 5) is 2.55. The van der Waals surface area contributed by atoms with Crippen molar-refractivity contribution in [2.45, 2.75) is 25.7 Å². The van der Waals surface area contributed by atoms with Crippen LogP contribution in [0.1, 0.15) is 25.7 Å². The Bertz CT molecular complexity index is 198. The molecule has 0 aromatic carbocycles. The van der Waals surface area contributed by atoms with Gasteiger partial charge in [0, 0.05) is 26.2 Å². The Morgan fingerprint density at radius 2 is 1.79 bits per heavy atom. The van der Waals surface area contributed by atoms with Gasteiger partial charge in [0.25, 0.3) is 0 Å². The van der Waals surface area contributed by atoms with E-state index < -0.39 is 0 Å². The summed E-state index contributed by atoms with van der Waals surface area (Å²) in [5, 5.41) is 0. The van der Waals surface area contributed by atoms with Crippen molar-refractivity contribution < 1.29 is 0 Å². The van der Waals surface area contributed by atoms with Crippen LogP contribution in [0.5, 0.6) is 0 Å². The maximum absolute atomic E-state index is 5.57. The van der Waals surface area contributed by atoms with Gasteiger partial charge in [-0.3, -0.25) is 4.90 Å². The highest BCUT2D eigenvalue weighted by molar-refractivity contribution is 5.01. The van der Waals surface area contributed by atoms with Crippen molar-refractivity contribution in [1.29, 1.82) is 0 Å². The van der Waals surface area contributed by atoms with Crippen LogP contribution < -0.4 is 5.73 Å². The van der Waals surface area contributed by atoms with E-state index in [1.54, 1.807) is 0 Å². The molecule has 2 aliphatic rings. The van der Waals surface area contributed by atoms with Crippen molar-refractivity contribution in [3.8, 4) is 0 Å². The van der Waals surface area contributed by atoms with Crippen molar-refractivity contribution >= 4 is 0 Å². The molecular formula is C12H22N2. The predicted molar refractivity (Wildman–Crippen MR) is 60.1 cm³/mol. The van der Waals surface area contributed by atoms with Crippen LogP contribution >= 0.6 is 0 Å². The average molecular weight is 194 g/mol. The van der Waals surface area contributed by atoms with Crippen molar-refractivity contribution in [2.75, 3.05) is 26.2 Å². The van der Waals surface area contributed by atoms with Crippen LogP contribution in [0.15, 0.2) is 12.2 Å². The van der Waals surface area contributed by atoms with Gasteiger partial charge >= 0.3 is 0 Å². The number of hydrogen-bond acceptors (Lipinski definition) is 2. The second kappa shape index (κ2) is 4.45. The lowest BCUT2D eigenvalue weighted by atomic mass is 9.82. The molecule has 1 aliphatic heterocycles. The number of rotatable bonds is 3. The van der Waals surface area contributed by atoms with E-state index in [0.717, 1.165) is 18.4 Å². The minimum Gasteiger partial charge on any atom is -0.327 e. The smallest absolute Gasteiger partial charge is 0.0203 e. The molecule has 80 valence electrons. The van der Waals surface area contributed by atoms with Gasteiger partial charge in [0.2, 0.25) is 0 Å². The Labute approximate surface area is 87.2 Å². The maximum atomic E-state index is 5.57. The first-order valence-electron chi connectivity index (χ1n) is 5.88. The summed E-state index contributed by atoms with van der Waals surface area (Å²) >= 11 is 0.